The number of hydrogen-bond donors (Lipinski definition) is 5. The van der Waals surface area contributed by atoms with Gasteiger partial charge in [-0.25, -0.2) is 9.78 Å². The smallest absolute Gasteiger partial charge is 0.362 e. The standard InChI is InChI=1S/C32H24F3N7O3/c1-18-16-42(17-37-18)25-11-19(10-20(12-25)32(33,34)35)29(43)38-22-4-2-5-23(13-22)39-31(45)40-24-7-8-26-27(14-21-6-3-9-36-21)30(44)41-28(26)15-24/h2-17,36H,1H3,(H,38,43)(H,41,44)(H2,39,40,45). The maximum absolute atomic E-state index is 13.6. The molecule has 0 unspecified atom stereocenters. The summed E-state index contributed by atoms with van der Waals surface area (Å²) in [6.45, 7) is 1.70. The molecule has 1 aliphatic heterocycles. The summed E-state index contributed by atoms with van der Waals surface area (Å²) >= 11 is 0. The molecule has 13 heteroatoms. The van der Waals surface area contributed by atoms with Gasteiger partial charge in [0.05, 0.1) is 28.8 Å². The van der Waals surface area contributed by atoms with Crippen molar-refractivity contribution in [1.29, 1.82) is 0 Å². The zero-order valence-corrected chi connectivity index (χ0v) is 23.5. The summed E-state index contributed by atoms with van der Waals surface area (Å²) in [7, 11) is 0. The van der Waals surface area contributed by atoms with Gasteiger partial charge >= 0.3 is 12.2 Å². The van der Waals surface area contributed by atoms with E-state index in [1.54, 1.807) is 55.7 Å². The van der Waals surface area contributed by atoms with E-state index in [1.807, 2.05) is 12.1 Å². The number of urea groups is 1. The number of halogens is 3. The monoisotopic (exact) mass is 611 g/mol. The lowest BCUT2D eigenvalue weighted by Gasteiger charge is -2.14. The maximum Gasteiger partial charge on any atom is 0.416 e. The number of carbonyl (C=O) groups is 3. The molecule has 0 saturated heterocycles. The van der Waals surface area contributed by atoms with Crippen LogP contribution in [0.5, 0.6) is 0 Å². The van der Waals surface area contributed by atoms with Crippen LogP contribution < -0.4 is 21.3 Å². The number of fused-ring (bicyclic) bond motifs is 1. The fraction of sp³-hybridized carbons (Fsp3) is 0.0625. The molecule has 0 saturated carbocycles. The molecule has 6 rings (SSSR count). The minimum Gasteiger partial charge on any atom is -0.362 e. The number of aromatic nitrogens is 3. The number of alkyl halides is 3. The molecule has 10 nitrogen and oxygen atoms in total. The van der Waals surface area contributed by atoms with Gasteiger partial charge < -0.3 is 30.8 Å². The minimum atomic E-state index is -4.68. The second kappa shape index (κ2) is 11.5. The van der Waals surface area contributed by atoms with Crippen LogP contribution in [0.15, 0.2) is 91.5 Å². The molecule has 3 aromatic carbocycles. The van der Waals surface area contributed by atoms with Gasteiger partial charge in [0.1, 0.15) is 0 Å². The number of aryl methyl sites for hydroxylation is 1. The number of anilines is 4. The summed E-state index contributed by atoms with van der Waals surface area (Å²) in [5, 5.41) is 10.7. The first kappa shape index (κ1) is 29.0. The first-order valence-corrected chi connectivity index (χ1v) is 13.6. The number of carbonyl (C=O) groups excluding carboxylic acids is 3. The Morgan fingerprint density at radius 1 is 0.911 bits per heavy atom. The van der Waals surface area contributed by atoms with E-state index in [-0.39, 0.29) is 22.8 Å². The summed E-state index contributed by atoms with van der Waals surface area (Å²) in [6.07, 6.45) is 1.73. The Labute approximate surface area is 254 Å². The van der Waals surface area contributed by atoms with Crippen LogP contribution in [-0.2, 0) is 11.0 Å². The van der Waals surface area contributed by atoms with Crippen LogP contribution >= 0.6 is 0 Å². The number of rotatable bonds is 6. The van der Waals surface area contributed by atoms with Crippen molar-refractivity contribution < 1.29 is 27.6 Å². The summed E-state index contributed by atoms with van der Waals surface area (Å²) in [4.78, 5) is 45.4. The van der Waals surface area contributed by atoms with Crippen molar-refractivity contribution in [3.8, 4) is 5.69 Å². The predicted octanol–water partition coefficient (Wildman–Crippen LogP) is 6.92. The highest BCUT2D eigenvalue weighted by molar-refractivity contribution is 6.35. The summed E-state index contributed by atoms with van der Waals surface area (Å²) in [5.74, 6) is -1.04. The van der Waals surface area contributed by atoms with Gasteiger partial charge in [0.2, 0.25) is 0 Å². The van der Waals surface area contributed by atoms with Gasteiger partial charge in [0.25, 0.3) is 11.8 Å². The fourth-order valence-corrected chi connectivity index (χ4v) is 4.79. The molecule has 1 aliphatic rings. The molecular weight excluding hydrogens is 587 g/mol. The molecule has 4 amide bonds. The SMILES string of the molecule is Cc1cn(-c2cc(C(=O)Nc3cccc(NC(=O)Nc4ccc5c(c4)NC(=O)C5=Cc4ccc[nH]4)c3)cc(C(F)(F)F)c2)cn1. The minimum absolute atomic E-state index is 0.126. The summed E-state index contributed by atoms with van der Waals surface area (Å²) in [6, 6.07) is 17.3. The maximum atomic E-state index is 13.6. The van der Waals surface area contributed by atoms with E-state index in [0.717, 1.165) is 17.8 Å². The second-order valence-electron chi connectivity index (χ2n) is 10.2. The van der Waals surface area contributed by atoms with E-state index in [0.29, 0.717) is 33.9 Å². The van der Waals surface area contributed by atoms with Crippen molar-refractivity contribution in [2.24, 2.45) is 0 Å². The molecule has 0 fully saturated rings. The average Bonchev–Trinajstić information content (AvgIpc) is 3.73. The van der Waals surface area contributed by atoms with E-state index < -0.39 is 23.7 Å². The fourth-order valence-electron chi connectivity index (χ4n) is 4.79. The van der Waals surface area contributed by atoms with Crippen LogP contribution in [0.1, 0.15) is 32.9 Å². The molecule has 3 heterocycles. The number of benzene rings is 3. The van der Waals surface area contributed by atoms with Crippen LogP contribution in [0.2, 0.25) is 0 Å². The molecule has 0 radical (unpaired) electrons. The van der Waals surface area contributed by atoms with Crippen molar-refractivity contribution in [2.75, 3.05) is 21.3 Å². The van der Waals surface area contributed by atoms with Gasteiger partial charge in [-0.3, -0.25) is 9.59 Å². The molecule has 0 spiro atoms. The predicted molar refractivity (Wildman–Crippen MR) is 164 cm³/mol. The molecule has 226 valence electrons. The first-order chi connectivity index (χ1) is 21.5. The van der Waals surface area contributed by atoms with Gasteiger partial charge in [0.15, 0.2) is 0 Å². The Hall–Kier alpha value is -6.11. The molecule has 0 atom stereocenters. The van der Waals surface area contributed by atoms with Crippen LogP contribution in [-0.4, -0.2) is 32.4 Å². The molecule has 45 heavy (non-hydrogen) atoms. The highest BCUT2D eigenvalue weighted by Gasteiger charge is 2.32. The first-order valence-electron chi connectivity index (χ1n) is 13.6. The molecule has 5 aromatic rings. The lowest BCUT2D eigenvalue weighted by Crippen LogP contribution is -2.20. The molecular formula is C32H24F3N7O3. The summed E-state index contributed by atoms with van der Waals surface area (Å²) < 4.78 is 42.3. The Balaban J connectivity index is 1.14. The lowest BCUT2D eigenvalue weighted by molar-refractivity contribution is -0.137. The highest BCUT2D eigenvalue weighted by Crippen LogP contribution is 2.35. The third kappa shape index (κ3) is 6.46. The zero-order chi connectivity index (χ0) is 31.7. The third-order valence-electron chi connectivity index (χ3n) is 6.88. The number of aromatic amines is 1. The van der Waals surface area contributed by atoms with Crippen LogP contribution in [0.25, 0.3) is 17.3 Å². The molecule has 0 bridgehead atoms. The largest absolute Gasteiger partial charge is 0.416 e. The van der Waals surface area contributed by atoms with Crippen LogP contribution in [0, 0.1) is 6.92 Å². The van der Waals surface area contributed by atoms with E-state index in [4.69, 9.17) is 0 Å². The molecule has 5 N–H and O–H groups in total. The summed E-state index contributed by atoms with van der Waals surface area (Å²) in [5.41, 5.74) is 3.01. The van der Waals surface area contributed by atoms with E-state index in [1.165, 1.54) is 29.1 Å². The number of imidazole rings is 1. The van der Waals surface area contributed by atoms with Crippen LogP contribution in [0.4, 0.5) is 40.7 Å². The van der Waals surface area contributed by atoms with Gasteiger partial charge in [0, 0.05) is 52.0 Å². The molecule has 0 aliphatic carbocycles. The normalized spacial score (nSPS) is 13.3. The van der Waals surface area contributed by atoms with E-state index in [2.05, 4.69) is 31.2 Å². The Kier molecular flexibility index (Phi) is 7.42. The van der Waals surface area contributed by atoms with Crippen molar-refractivity contribution >= 4 is 52.2 Å². The van der Waals surface area contributed by atoms with Crippen molar-refractivity contribution in [1.82, 2.24) is 14.5 Å². The van der Waals surface area contributed by atoms with Crippen molar-refractivity contribution in [3.63, 3.8) is 0 Å². The average molecular weight is 612 g/mol. The Bertz CT molecular complexity index is 1980. The van der Waals surface area contributed by atoms with Crippen LogP contribution in [0.3, 0.4) is 0 Å². The number of amides is 4. The molecule has 2 aromatic heterocycles. The van der Waals surface area contributed by atoms with Crippen molar-refractivity contribution in [2.45, 2.75) is 13.1 Å². The number of hydrogen-bond acceptors (Lipinski definition) is 4. The third-order valence-corrected chi connectivity index (χ3v) is 6.88. The quantitative estimate of drug-likeness (QED) is 0.133. The second-order valence-corrected chi connectivity index (χ2v) is 10.2. The lowest BCUT2D eigenvalue weighted by atomic mass is 10.1. The van der Waals surface area contributed by atoms with E-state index >= 15 is 0 Å². The number of nitrogens with zero attached hydrogens (tertiary/aromatic N) is 2. The highest BCUT2D eigenvalue weighted by atomic mass is 19.4. The number of H-pyrrole nitrogens is 1. The topological polar surface area (TPSA) is 133 Å². The zero-order valence-electron chi connectivity index (χ0n) is 23.5. The Morgan fingerprint density at radius 2 is 1.67 bits per heavy atom. The number of nitrogens with one attached hydrogen (secondary N) is 5. The van der Waals surface area contributed by atoms with Gasteiger partial charge in [-0.05, 0) is 73.7 Å². The Morgan fingerprint density at radius 3 is 2.36 bits per heavy atom. The van der Waals surface area contributed by atoms with Crippen molar-refractivity contribution in [3.05, 3.63) is 120 Å². The van der Waals surface area contributed by atoms with Gasteiger partial charge in [-0.2, -0.15) is 13.2 Å². The van der Waals surface area contributed by atoms with E-state index in [9.17, 15) is 27.6 Å². The van der Waals surface area contributed by atoms with Gasteiger partial charge in [-0.1, -0.05) is 12.1 Å². The van der Waals surface area contributed by atoms with Gasteiger partial charge in [-0.15, -0.1) is 0 Å².